The second kappa shape index (κ2) is 10.6. The minimum absolute atomic E-state index is 0.0153. The van der Waals surface area contributed by atoms with Crippen LogP contribution in [-0.2, 0) is 12.6 Å². The maximum Gasteiger partial charge on any atom is 0.435 e. The van der Waals surface area contributed by atoms with Crippen molar-refractivity contribution < 1.29 is 41.4 Å². The monoisotopic (exact) mass is 594 g/mol. The molecule has 5 aromatic rings. The summed E-state index contributed by atoms with van der Waals surface area (Å²) < 4.78 is 69.5. The fourth-order valence-electron chi connectivity index (χ4n) is 5.15. The molecular weight excluding hydrogens is 572 g/mol. The molecule has 0 saturated carbocycles. The van der Waals surface area contributed by atoms with Gasteiger partial charge in [0.2, 0.25) is 0 Å². The minimum atomic E-state index is -4.75. The molecule has 13 heteroatoms. The number of fused-ring (bicyclic) bond motifs is 2. The Morgan fingerprint density at radius 3 is 2.58 bits per heavy atom. The Kier molecular flexibility index (Phi) is 6.87. The Labute approximate surface area is 240 Å². The number of carboxylic acid groups (broad SMARTS) is 1. The number of hydrogen-bond acceptors (Lipinski definition) is 6. The quantitative estimate of drug-likeness (QED) is 0.206. The Bertz CT molecular complexity index is 1880. The van der Waals surface area contributed by atoms with Crippen molar-refractivity contribution in [3.05, 3.63) is 100 Å². The van der Waals surface area contributed by atoms with Gasteiger partial charge in [0.15, 0.2) is 17.2 Å². The molecule has 1 aliphatic rings. The number of amides is 1. The van der Waals surface area contributed by atoms with E-state index in [2.05, 4.69) is 15.4 Å². The summed E-state index contributed by atoms with van der Waals surface area (Å²) in [7, 11) is 0. The van der Waals surface area contributed by atoms with Gasteiger partial charge < -0.3 is 19.6 Å². The van der Waals surface area contributed by atoms with Crippen LogP contribution in [0, 0.1) is 12.7 Å². The third-order valence-corrected chi connectivity index (χ3v) is 7.05. The Hall–Kier alpha value is -5.20. The smallest absolute Gasteiger partial charge is 0.435 e. The molecule has 0 radical (unpaired) electrons. The Balaban J connectivity index is 1.35. The molecule has 220 valence electrons. The van der Waals surface area contributed by atoms with Crippen LogP contribution in [0.2, 0.25) is 0 Å². The van der Waals surface area contributed by atoms with Crippen molar-refractivity contribution in [1.29, 1.82) is 0 Å². The molecule has 1 unspecified atom stereocenters. The van der Waals surface area contributed by atoms with E-state index < -0.39 is 35.7 Å². The van der Waals surface area contributed by atoms with E-state index in [-0.39, 0.29) is 57.0 Å². The zero-order valence-corrected chi connectivity index (χ0v) is 22.4. The fraction of sp³-hybridized carbons (Fsp3) is 0.200. The van der Waals surface area contributed by atoms with Crippen LogP contribution >= 0.6 is 0 Å². The third kappa shape index (κ3) is 5.41. The third-order valence-electron chi connectivity index (χ3n) is 7.05. The lowest BCUT2D eigenvalue weighted by Gasteiger charge is -2.26. The van der Waals surface area contributed by atoms with E-state index in [4.69, 9.17) is 14.3 Å². The van der Waals surface area contributed by atoms with Gasteiger partial charge in [-0.05, 0) is 61.7 Å². The highest BCUT2D eigenvalue weighted by molar-refractivity contribution is 6.05. The highest BCUT2D eigenvalue weighted by Gasteiger charge is 2.42. The fourth-order valence-corrected chi connectivity index (χ4v) is 5.15. The van der Waals surface area contributed by atoms with E-state index in [1.54, 1.807) is 6.92 Å². The molecule has 0 saturated heterocycles. The minimum Gasteiger partial charge on any atom is -0.484 e. The predicted molar refractivity (Wildman–Crippen MR) is 145 cm³/mol. The molecule has 2 heterocycles. The zero-order valence-electron chi connectivity index (χ0n) is 22.4. The number of carbonyl (C=O) groups is 2. The van der Waals surface area contributed by atoms with Crippen molar-refractivity contribution in [2.45, 2.75) is 38.5 Å². The highest BCUT2D eigenvalue weighted by Crippen LogP contribution is 2.42. The molecule has 6 rings (SSSR count). The van der Waals surface area contributed by atoms with Crippen LogP contribution in [0.1, 0.15) is 62.5 Å². The lowest BCUT2D eigenvalue weighted by molar-refractivity contribution is -0.142. The molecule has 43 heavy (non-hydrogen) atoms. The van der Waals surface area contributed by atoms with Gasteiger partial charge in [-0.25, -0.2) is 18.9 Å². The first kappa shape index (κ1) is 27.9. The number of aryl methyl sites for hydroxylation is 1. The van der Waals surface area contributed by atoms with Gasteiger partial charge in [0.05, 0.1) is 22.6 Å². The van der Waals surface area contributed by atoms with Gasteiger partial charge in [0.25, 0.3) is 5.91 Å². The van der Waals surface area contributed by atoms with Crippen LogP contribution in [0.25, 0.3) is 16.8 Å². The second-order valence-corrected chi connectivity index (χ2v) is 9.99. The number of aromatic carboxylic acids is 1. The van der Waals surface area contributed by atoms with Crippen LogP contribution in [0.4, 0.5) is 23.2 Å². The van der Waals surface area contributed by atoms with Gasteiger partial charge in [-0.3, -0.25) is 4.79 Å². The number of carbonyl (C=O) groups excluding carboxylic acids is 1. The number of carboxylic acids is 1. The maximum atomic E-state index is 14.7. The lowest BCUT2D eigenvalue weighted by Crippen LogP contribution is -2.20. The van der Waals surface area contributed by atoms with Crippen molar-refractivity contribution in [3.63, 3.8) is 0 Å². The molecule has 0 aliphatic heterocycles. The first-order chi connectivity index (χ1) is 20.5. The number of alkyl halides is 3. The first-order valence-electron chi connectivity index (χ1n) is 13.2. The number of hydrogen-bond donors (Lipinski definition) is 2. The molecule has 9 nitrogen and oxygen atoms in total. The summed E-state index contributed by atoms with van der Waals surface area (Å²) in [5.74, 6) is -1.97. The topological polar surface area (TPSA) is 119 Å². The van der Waals surface area contributed by atoms with Crippen LogP contribution in [0.3, 0.4) is 0 Å². The Morgan fingerprint density at radius 2 is 1.86 bits per heavy atom. The van der Waals surface area contributed by atoms with Crippen molar-refractivity contribution in [3.8, 4) is 11.4 Å². The van der Waals surface area contributed by atoms with E-state index in [0.717, 1.165) is 10.7 Å². The number of nitrogens with zero attached hydrogens (tertiary/aromatic N) is 3. The van der Waals surface area contributed by atoms with E-state index in [1.165, 1.54) is 54.6 Å². The van der Waals surface area contributed by atoms with E-state index in [1.807, 2.05) is 0 Å². The number of ether oxygens (including phenoxy) is 1. The van der Waals surface area contributed by atoms with E-state index in [0.29, 0.717) is 18.7 Å². The SMILES string of the molecule is Cc1nc2cc(F)c(NC(=O)c3cccc(-n4nc(C(F)(F)F)c5c4C(Oc4ccc(C(=O)O)cc4)CCC5)c3)cc2o1. The molecule has 1 amide bonds. The van der Waals surface area contributed by atoms with Gasteiger partial charge >= 0.3 is 12.1 Å². The van der Waals surface area contributed by atoms with Crippen LogP contribution in [-0.4, -0.2) is 31.7 Å². The number of rotatable bonds is 6. The van der Waals surface area contributed by atoms with Crippen molar-refractivity contribution in [2.24, 2.45) is 0 Å². The van der Waals surface area contributed by atoms with Crippen LogP contribution in [0.15, 0.2) is 65.1 Å². The molecular formula is C30H22F4N4O5. The van der Waals surface area contributed by atoms with Gasteiger partial charge in [-0.2, -0.15) is 18.3 Å². The summed E-state index contributed by atoms with van der Waals surface area (Å²) in [4.78, 5) is 28.4. The van der Waals surface area contributed by atoms with Crippen molar-refractivity contribution in [1.82, 2.24) is 14.8 Å². The zero-order chi connectivity index (χ0) is 30.5. The van der Waals surface area contributed by atoms with Crippen LogP contribution in [0.5, 0.6) is 5.75 Å². The van der Waals surface area contributed by atoms with Gasteiger partial charge in [-0.1, -0.05) is 6.07 Å². The number of benzene rings is 3. The lowest BCUT2D eigenvalue weighted by atomic mass is 9.92. The molecule has 1 aliphatic carbocycles. The number of aromatic nitrogens is 3. The molecule has 0 bridgehead atoms. The van der Waals surface area contributed by atoms with Gasteiger partial charge in [-0.15, -0.1) is 0 Å². The standard InChI is InChI=1S/C30H22F4N4O5/c1-15-35-23-13-21(31)22(14-25(23)42-15)36-28(39)17-4-2-5-18(12-17)38-26-20(27(37-38)30(32,33)34)6-3-7-24(26)43-19-10-8-16(9-11-19)29(40)41/h2,4-5,8-14,24H,3,6-7H2,1H3,(H,36,39)(H,40,41). The summed E-state index contributed by atoms with van der Waals surface area (Å²) in [5, 5.41) is 15.6. The molecule has 2 aromatic heterocycles. The highest BCUT2D eigenvalue weighted by atomic mass is 19.4. The summed E-state index contributed by atoms with van der Waals surface area (Å²) in [6.45, 7) is 1.60. The van der Waals surface area contributed by atoms with Gasteiger partial charge in [0, 0.05) is 30.2 Å². The van der Waals surface area contributed by atoms with Crippen LogP contribution < -0.4 is 10.1 Å². The molecule has 0 spiro atoms. The van der Waals surface area contributed by atoms with Crippen molar-refractivity contribution >= 4 is 28.7 Å². The average molecular weight is 595 g/mol. The average Bonchev–Trinajstić information content (AvgIpc) is 3.54. The van der Waals surface area contributed by atoms with Gasteiger partial charge in [0.1, 0.15) is 23.2 Å². The Morgan fingerprint density at radius 1 is 1.09 bits per heavy atom. The second-order valence-electron chi connectivity index (χ2n) is 9.99. The number of oxazole rings is 1. The summed E-state index contributed by atoms with van der Waals surface area (Å²) in [6.07, 6.45) is -4.69. The number of nitrogens with one attached hydrogen (secondary N) is 1. The molecule has 3 aromatic carbocycles. The maximum absolute atomic E-state index is 14.7. The summed E-state index contributed by atoms with van der Waals surface area (Å²) >= 11 is 0. The summed E-state index contributed by atoms with van der Waals surface area (Å²) in [5.41, 5.74) is -0.245. The first-order valence-corrected chi connectivity index (χ1v) is 13.2. The van der Waals surface area contributed by atoms with E-state index >= 15 is 0 Å². The number of halogens is 4. The van der Waals surface area contributed by atoms with Crippen molar-refractivity contribution in [2.75, 3.05) is 5.32 Å². The summed E-state index contributed by atoms with van der Waals surface area (Å²) in [6, 6.07) is 13.7. The normalized spacial score (nSPS) is 14.9. The predicted octanol–water partition coefficient (Wildman–Crippen LogP) is 6.89. The number of anilines is 1. The molecule has 2 N–H and O–H groups in total. The van der Waals surface area contributed by atoms with E-state index in [9.17, 15) is 27.2 Å². The largest absolute Gasteiger partial charge is 0.484 e. The molecule has 0 fully saturated rings. The molecule has 1 atom stereocenters.